The van der Waals surface area contributed by atoms with Gasteiger partial charge >= 0.3 is 0 Å². The van der Waals surface area contributed by atoms with Gasteiger partial charge in [0.2, 0.25) is 0 Å². The van der Waals surface area contributed by atoms with Gasteiger partial charge in [-0.05, 0) is 60.4 Å². The normalized spacial score (nSPS) is 13.7. The minimum Gasteiger partial charge on any atom is -0.507 e. The third kappa shape index (κ3) is 5.67. The summed E-state index contributed by atoms with van der Waals surface area (Å²) in [5, 5.41) is 90.0. The average molecular weight is 633 g/mol. The van der Waals surface area contributed by atoms with Crippen LogP contribution >= 0.6 is 0 Å². The first-order chi connectivity index (χ1) is 21.6. The Bertz CT molecular complexity index is 1760. The molecule has 0 amide bonds. The minimum atomic E-state index is -1.08. The van der Waals surface area contributed by atoms with E-state index in [0.717, 1.165) is 0 Å². The number of aliphatic hydroxyl groups excluding tert-OH is 2. The number of benzene rings is 4. The number of nitrogens with zero attached hydrogens (tertiary/aromatic N) is 2. The van der Waals surface area contributed by atoms with Crippen LogP contribution in [0.5, 0.6) is 34.5 Å². The maximum atomic E-state index is 12.1. The summed E-state index contributed by atoms with van der Waals surface area (Å²) >= 11 is 0. The fourth-order valence-electron chi connectivity index (χ4n) is 6.16. The van der Waals surface area contributed by atoms with E-state index in [1.807, 2.05) is 27.7 Å². The van der Waals surface area contributed by atoms with Crippen LogP contribution in [0.25, 0.3) is 32.7 Å². The van der Waals surface area contributed by atoms with Crippen LogP contribution in [0.4, 0.5) is 0 Å². The van der Waals surface area contributed by atoms with Gasteiger partial charge in [-0.25, -0.2) is 0 Å². The Kier molecular flexibility index (Phi) is 9.75. The number of rotatable bonds is 9. The number of aryl methyl sites for hydroxylation is 2. The zero-order valence-electron chi connectivity index (χ0n) is 27.5. The first-order valence-corrected chi connectivity index (χ1v) is 15.5. The third-order valence-corrected chi connectivity index (χ3v) is 8.47. The van der Waals surface area contributed by atoms with E-state index in [1.54, 1.807) is 39.8 Å². The van der Waals surface area contributed by atoms with Gasteiger partial charge < -0.3 is 40.9 Å². The molecular formula is C36H44N2O8. The number of phenols is 6. The monoisotopic (exact) mass is 632 g/mol. The van der Waals surface area contributed by atoms with Gasteiger partial charge in [0.05, 0.1) is 0 Å². The van der Waals surface area contributed by atoms with E-state index in [0.29, 0.717) is 45.9 Å². The Morgan fingerprint density at radius 1 is 0.565 bits per heavy atom. The highest BCUT2D eigenvalue weighted by molar-refractivity contribution is 6.15. The molecule has 0 unspecified atom stereocenters. The van der Waals surface area contributed by atoms with Crippen molar-refractivity contribution >= 4 is 34.0 Å². The Morgan fingerprint density at radius 3 is 1.17 bits per heavy atom. The van der Waals surface area contributed by atoms with Crippen molar-refractivity contribution in [1.82, 2.24) is 0 Å². The Balaban J connectivity index is 2.25. The van der Waals surface area contributed by atoms with Crippen molar-refractivity contribution in [2.45, 2.75) is 92.5 Å². The van der Waals surface area contributed by atoms with Crippen molar-refractivity contribution in [3.8, 4) is 45.6 Å². The van der Waals surface area contributed by atoms with Gasteiger partial charge in [-0.1, -0.05) is 53.7 Å². The lowest BCUT2D eigenvalue weighted by atomic mass is 9.83. The van der Waals surface area contributed by atoms with Crippen LogP contribution in [-0.4, -0.2) is 65.7 Å². The molecule has 4 aromatic carbocycles. The summed E-state index contributed by atoms with van der Waals surface area (Å²) in [7, 11) is 0. The number of hydrogen-bond acceptors (Lipinski definition) is 10. The van der Waals surface area contributed by atoms with Gasteiger partial charge in [0, 0.05) is 56.6 Å². The van der Waals surface area contributed by atoms with Gasteiger partial charge in [-0.2, -0.15) is 0 Å². The van der Waals surface area contributed by atoms with E-state index in [4.69, 9.17) is 0 Å². The highest BCUT2D eigenvalue weighted by atomic mass is 16.3. The van der Waals surface area contributed by atoms with E-state index in [2.05, 4.69) is 9.98 Å². The highest BCUT2D eigenvalue weighted by Gasteiger charge is 2.29. The fraction of sp³-hybridized carbons (Fsp3) is 0.389. The third-order valence-electron chi connectivity index (χ3n) is 8.47. The van der Waals surface area contributed by atoms with Crippen molar-refractivity contribution in [1.29, 1.82) is 0 Å². The number of hydrogen-bond donors (Lipinski definition) is 8. The lowest BCUT2D eigenvalue weighted by Gasteiger charge is -2.23. The summed E-state index contributed by atoms with van der Waals surface area (Å²) < 4.78 is 0. The molecule has 2 atom stereocenters. The van der Waals surface area contributed by atoms with Crippen LogP contribution in [0.2, 0.25) is 0 Å². The molecule has 10 nitrogen and oxygen atoms in total. The molecular weight excluding hydrogens is 588 g/mol. The molecule has 0 saturated carbocycles. The van der Waals surface area contributed by atoms with Crippen LogP contribution in [0.1, 0.15) is 99.6 Å². The quantitative estimate of drug-likeness (QED) is 0.0712. The predicted molar refractivity (Wildman–Crippen MR) is 182 cm³/mol. The molecule has 0 spiro atoms. The number of aliphatic hydroxyl groups is 2. The van der Waals surface area contributed by atoms with Gasteiger partial charge in [0.15, 0.2) is 23.0 Å². The molecule has 0 aromatic heterocycles. The summed E-state index contributed by atoms with van der Waals surface area (Å²) in [6, 6.07) is 3.51. The second-order valence-corrected chi connectivity index (χ2v) is 12.4. The van der Waals surface area contributed by atoms with Crippen molar-refractivity contribution in [3.05, 3.63) is 45.5 Å². The Labute approximate surface area is 268 Å². The van der Waals surface area contributed by atoms with Crippen molar-refractivity contribution in [3.63, 3.8) is 0 Å². The number of fused-ring (bicyclic) bond motifs is 2. The number of aromatic hydroxyl groups is 6. The zero-order valence-corrected chi connectivity index (χ0v) is 27.5. The zero-order chi connectivity index (χ0) is 34.4. The Morgan fingerprint density at radius 2 is 0.891 bits per heavy atom. The summed E-state index contributed by atoms with van der Waals surface area (Å²) in [6.45, 7) is 14.3. The molecule has 10 heteroatoms. The smallest absolute Gasteiger partial charge is 0.167 e. The van der Waals surface area contributed by atoms with Crippen LogP contribution in [0.3, 0.4) is 0 Å². The molecule has 4 aromatic rings. The summed E-state index contributed by atoms with van der Waals surface area (Å²) in [4.78, 5) is 8.18. The molecule has 0 aliphatic carbocycles. The first-order valence-electron chi connectivity index (χ1n) is 15.5. The molecule has 46 heavy (non-hydrogen) atoms. The lowest BCUT2D eigenvalue weighted by molar-refractivity contribution is 0.181. The van der Waals surface area contributed by atoms with E-state index in [9.17, 15) is 40.9 Å². The van der Waals surface area contributed by atoms with Gasteiger partial charge in [-0.3, -0.25) is 9.98 Å². The molecule has 4 rings (SSSR count). The highest BCUT2D eigenvalue weighted by Crippen LogP contribution is 2.54. The standard InChI is InChI=1S/C36H44N2O8/c1-9-23(39)37-13-21-29-19(25(15(3)4)35(45)31(21)41)11-17(7)27(33(29)43)28-18(8)12-20-26(16(5)6)36(46)32(42)22(30(20)34(28)44)14-38-24(40)10-2/h11-16,23-24,39-46H,9-10H2,1-8H3/t23-,24-/m1/s1. The summed E-state index contributed by atoms with van der Waals surface area (Å²) in [5.41, 5.74) is 2.32. The van der Waals surface area contributed by atoms with Gasteiger partial charge in [0.1, 0.15) is 24.0 Å². The minimum absolute atomic E-state index is 0.00730. The molecule has 0 radical (unpaired) electrons. The van der Waals surface area contributed by atoms with E-state index >= 15 is 0 Å². The summed E-state index contributed by atoms with van der Waals surface area (Å²) in [5.74, 6) is -2.87. The molecule has 246 valence electrons. The number of aliphatic imine (C=N–C) groups is 2. The molecule has 0 aliphatic rings. The van der Waals surface area contributed by atoms with Gasteiger partial charge in [-0.15, -0.1) is 0 Å². The molecule has 0 heterocycles. The largest absolute Gasteiger partial charge is 0.507 e. The van der Waals surface area contributed by atoms with E-state index < -0.39 is 24.0 Å². The topological polar surface area (TPSA) is 187 Å². The maximum Gasteiger partial charge on any atom is 0.167 e. The molecule has 0 bridgehead atoms. The second kappa shape index (κ2) is 13.1. The Hall–Kier alpha value is -4.54. The fourth-order valence-corrected chi connectivity index (χ4v) is 6.16. The molecule has 8 N–H and O–H groups in total. The predicted octanol–water partition coefficient (Wildman–Crippen LogP) is 7.05. The molecule has 0 fully saturated rings. The van der Waals surface area contributed by atoms with Crippen LogP contribution in [-0.2, 0) is 0 Å². The maximum absolute atomic E-state index is 12.1. The van der Waals surface area contributed by atoms with Crippen LogP contribution in [0, 0.1) is 13.8 Å². The van der Waals surface area contributed by atoms with Crippen molar-refractivity contribution in [2.24, 2.45) is 9.98 Å². The van der Waals surface area contributed by atoms with E-state index in [1.165, 1.54) is 12.4 Å². The summed E-state index contributed by atoms with van der Waals surface area (Å²) in [6.07, 6.45) is 0.869. The lowest BCUT2D eigenvalue weighted by Crippen LogP contribution is -2.03. The molecule has 0 aliphatic heterocycles. The van der Waals surface area contributed by atoms with Crippen LogP contribution in [0.15, 0.2) is 22.1 Å². The molecule has 0 saturated heterocycles. The first kappa shape index (κ1) is 34.3. The number of phenolic OH excluding ortho intramolecular Hbond substituents is 6. The van der Waals surface area contributed by atoms with Gasteiger partial charge in [0.25, 0.3) is 0 Å². The van der Waals surface area contributed by atoms with Crippen LogP contribution < -0.4 is 0 Å². The second-order valence-electron chi connectivity index (χ2n) is 12.4. The van der Waals surface area contributed by atoms with Crippen molar-refractivity contribution < 1.29 is 40.9 Å². The SMILES string of the molecule is CC[C@@H](O)N=Cc1c(O)c(O)c(C(C)C)c2cc(C)c(-c3c(C)cc4c(C(C)C)c(O)c(O)c(C=N[C@H](O)CC)c4c3O)c(O)c12. The van der Waals surface area contributed by atoms with E-state index in [-0.39, 0.29) is 67.9 Å². The van der Waals surface area contributed by atoms with Crippen molar-refractivity contribution in [2.75, 3.05) is 0 Å². The average Bonchev–Trinajstić information content (AvgIpc) is 2.98.